The number of para-hydroxylation sites is 1. The van der Waals surface area contributed by atoms with Gasteiger partial charge < -0.3 is 9.64 Å². The van der Waals surface area contributed by atoms with Gasteiger partial charge in [-0.15, -0.1) is 0 Å². The van der Waals surface area contributed by atoms with Crippen molar-refractivity contribution in [2.75, 3.05) is 4.90 Å². The Bertz CT molecular complexity index is 4340. The van der Waals surface area contributed by atoms with E-state index in [4.69, 9.17) is 17.1 Å². The lowest BCUT2D eigenvalue weighted by Crippen LogP contribution is -2.16. The van der Waals surface area contributed by atoms with Crippen LogP contribution in [0.3, 0.4) is 0 Å². The van der Waals surface area contributed by atoms with Gasteiger partial charge in [0.2, 0.25) is 0 Å². The fraction of sp³-hybridized carbons (Fsp3) is 0.0492. The van der Waals surface area contributed by atoms with E-state index in [0.29, 0.717) is 5.69 Å². The molecule has 0 spiro atoms. The highest BCUT2D eigenvalue weighted by molar-refractivity contribution is 6.00. The van der Waals surface area contributed by atoms with Crippen molar-refractivity contribution in [3.05, 3.63) is 235 Å². The maximum atomic E-state index is 9.97. The van der Waals surface area contributed by atoms with Crippen molar-refractivity contribution in [2.45, 2.75) is 19.3 Å². The van der Waals surface area contributed by atoms with Crippen molar-refractivity contribution in [3.63, 3.8) is 0 Å². The van der Waals surface area contributed by atoms with E-state index in [1.165, 1.54) is 5.56 Å². The van der Waals surface area contributed by atoms with Crippen LogP contribution in [0.15, 0.2) is 224 Å². The minimum absolute atomic E-state index is 0.145. The molecule has 0 atom stereocenters. The minimum Gasteiger partial charge on any atom is -0.455 e. The summed E-state index contributed by atoms with van der Waals surface area (Å²) < 4.78 is 162. The van der Waals surface area contributed by atoms with E-state index in [0.717, 1.165) is 39.2 Å². The number of rotatable bonds is 6. The Morgan fingerprint density at radius 3 is 1.81 bits per heavy atom. The molecule has 0 aromatic heterocycles. The topological polar surface area (TPSA) is 12.5 Å². The summed E-state index contributed by atoms with van der Waals surface area (Å²) in [7, 11) is 0. The number of benzene rings is 10. The number of nitrogens with zero attached hydrogens (tertiary/aromatic N) is 1. The lowest BCUT2D eigenvalue weighted by atomic mass is 9.82. The van der Waals surface area contributed by atoms with Crippen LogP contribution in [0.25, 0.3) is 77.5 Å². The highest BCUT2D eigenvalue weighted by Gasteiger charge is 2.36. The molecule has 0 fully saturated rings. The highest BCUT2D eigenvalue weighted by Crippen LogP contribution is 2.53. The molecule has 12 rings (SSSR count). The standard InChI is InChI=1S/C61H43NO/c1-61(2)57-23-12-11-20-52(57)53-35-33-49(39-58(53)61)62(47-29-24-42(25-30-47)40-14-5-3-6-15-40)48-31-26-43(27-32-48)50-21-13-22-54-55-36-46(41-16-7-4-8-17-41)28-34-51(55)56-37-44-18-9-10-19-45(44)38-59(56)63-60(50)54/h3-39H,1-2H3/i4D,7D,8D,9D,10D,13D,16D,17D,18D,19D,21D,22D,28D,34D,36D,37D,38D. The van der Waals surface area contributed by atoms with Gasteiger partial charge in [-0.1, -0.05) is 183 Å². The van der Waals surface area contributed by atoms with E-state index < -0.39 is 158 Å². The maximum Gasteiger partial charge on any atom is 0.143 e. The fourth-order valence-electron chi connectivity index (χ4n) is 8.86. The van der Waals surface area contributed by atoms with E-state index in [1.807, 2.05) is 66.7 Å². The summed E-state index contributed by atoms with van der Waals surface area (Å²) in [4.78, 5) is 2.09. The third kappa shape index (κ3) is 6.17. The molecule has 0 bridgehead atoms. The first kappa shape index (κ1) is 23.3. The van der Waals surface area contributed by atoms with Gasteiger partial charge in [-0.25, -0.2) is 0 Å². The van der Waals surface area contributed by atoms with Crippen molar-refractivity contribution < 1.29 is 28.0 Å². The minimum atomic E-state index is -0.844. The third-order valence-electron chi connectivity index (χ3n) is 12.0. The Kier molecular flexibility index (Phi) is 5.41. The molecule has 0 amide bonds. The normalized spacial score (nSPS) is 16.6. The smallest absolute Gasteiger partial charge is 0.143 e. The Morgan fingerprint density at radius 2 is 1.03 bits per heavy atom. The van der Waals surface area contributed by atoms with Crippen molar-refractivity contribution in [2.24, 2.45) is 0 Å². The second-order valence-electron chi connectivity index (χ2n) is 16.0. The Labute approximate surface area is 392 Å². The average Bonchev–Trinajstić information content (AvgIpc) is 2.41. The Hall–Kier alpha value is -7.94. The summed E-state index contributed by atoms with van der Waals surface area (Å²) in [6, 6.07) is 27.2. The van der Waals surface area contributed by atoms with Gasteiger partial charge in [0.1, 0.15) is 11.5 Å². The zero-order valence-corrected chi connectivity index (χ0v) is 33.9. The Balaban J connectivity index is 1.12. The van der Waals surface area contributed by atoms with Crippen LogP contribution in [-0.2, 0) is 5.41 Å². The predicted molar refractivity (Wildman–Crippen MR) is 263 cm³/mol. The summed E-state index contributed by atoms with van der Waals surface area (Å²) in [5.41, 5.74) is 5.60. The zero-order valence-electron chi connectivity index (χ0n) is 50.9. The van der Waals surface area contributed by atoms with Gasteiger partial charge in [0.05, 0.1) is 23.3 Å². The molecule has 2 heteroatoms. The van der Waals surface area contributed by atoms with Gasteiger partial charge in [0.25, 0.3) is 0 Å². The van der Waals surface area contributed by atoms with Crippen LogP contribution in [0.2, 0.25) is 0 Å². The van der Waals surface area contributed by atoms with Gasteiger partial charge in [-0.3, -0.25) is 0 Å². The third-order valence-corrected chi connectivity index (χ3v) is 12.0. The molecule has 2 aliphatic rings. The lowest BCUT2D eigenvalue weighted by Gasteiger charge is -2.28. The molecule has 0 radical (unpaired) electrons. The first-order valence-electron chi connectivity index (χ1n) is 28.9. The van der Waals surface area contributed by atoms with E-state index in [2.05, 4.69) is 49.1 Å². The molecule has 1 heterocycles. The van der Waals surface area contributed by atoms with E-state index in [-0.39, 0.29) is 16.5 Å². The molecular weight excluding hydrogens is 763 g/mol. The van der Waals surface area contributed by atoms with Gasteiger partial charge >= 0.3 is 0 Å². The van der Waals surface area contributed by atoms with Crippen molar-refractivity contribution in [1.82, 2.24) is 0 Å². The molecular formula is C61H43NO. The molecule has 1 aliphatic heterocycles. The quantitative estimate of drug-likeness (QED) is 0.166. The molecule has 0 N–H and O–H groups in total. The molecule has 1 aliphatic carbocycles. The van der Waals surface area contributed by atoms with Crippen LogP contribution >= 0.6 is 0 Å². The first-order chi connectivity index (χ1) is 38.1. The highest BCUT2D eigenvalue weighted by atomic mass is 16.5. The van der Waals surface area contributed by atoms with Crippen LogP contribution < -0.4 is 9.64 Å². The monoisotopic (exact) mass is 822 g/mol. The van der Waals surface area contributed by atoms with Crippen molar-refractivity contribution in [1.29, 1.82) is 0 Å². The number of hydrogen-bond acceptors (Lipinski definition) is 2. The molecule has 298 valence electrons. The van der Waals surface area contributed by atoms with Gasteiger partial charge in [0.15, 0.2) is 0 Å². The Morgan fingerprint density at radius 1 is 0.397 bits per heavy atom. The summed E-state index contributed by atoms with van der Waals surface area (Å²) in [6.45, 7) is 4.40. The molecule has 63 heavy (non-hydrogen) atoms. The zero-order chi connectivity index (χ0) is 56.9. The maximum absolute atomic E-state index is 9.97. The van der Waals surface area contributed by atoms with Crippen LogP contribution in [0.4, 0.5) is 17.1 Å². The van der Waals surface area contributed by atoms with E-state index >= 15 is 0 Å². The molecule has 0 unspecified atom stereocenters. The summed E-state index contributed by atoms with van der Waals surface area (Å²) in [6.07, 6.45) is 0. The molecule has 10 aromatic carbocycles. The van der Waals surface area contributed by atoms with Gasteiger partial charge in [0, 0.05) is 39.2 Å². The molecule has 0 saturated heterocycles. The van der Waals surface area contributed by atoms with Crippen molar-refractivity contribution >= 4 is 27.8 Å². The van der Waals surface area contributed by atoms with Gasteiger partial charge in [-0.2, -0.15) is 0 Å². The van der Waals surface area contributed by atoms with Gasteiger partial charge in [-0.05, 0) is 126 Å². The number of anilines is 3. The lowest BCUT2D eigenvalue weighted by molar-refractivity contribution is 0.490. The molecule has 2 nitrogen and oxygen atoms in total. The SMILES string of the molecule is [2H]c1c([2H])c([2H])c(-c2c([2H])c([2H])c3c(c2[2H])-c2c([2H])c([2H])c([2H])c(-c4ccc(N(c5ccc(-c6ccccc6)cc5)c5ccc6c(c5)C(C)(C)c5ccccc5-6)cc4)c2Oc2c-3c([2H])c3c([2H])c([2H])c([2H])c([2H])c3c2[2H])c([2H])c1[2H]. The van der Waals surface area contributed by atoms with Crippen LogP contribution in [0.1, 0.15) is 48.3 Å². The molecule has 10 aromatic rings. The van der Waals surface area contributed by atoms with Crippen molar-refractivity contribution in [3.8, 4) is 78.3 Å². The second kappa shape index (κ2) is 14.6. The summed E-state index contributed by atoms with van der Waals surface area (Å²) >= 11 is 0. The number of ether oxygens (including phenoxy) is 1. The average molecular weight is 823 g/mol. The van der Waals surface area contributed by atoms with E-state index in [1.54, 1.807) is 24.3 Å². The van der Waals surface area contributed by atoms with Crippen LogP contribution in [0, 0.1) is 0 Å². The van der Waals surface area contributed by atoms with E-state index in [9.17, 15) is 11.0 Å². The fourth-order valence-corrected chi connectivity index (χ4v) is 8.86. The molecule has 0 saturated carbocycles. The van der Waals surface area contributed by atoms with Crippen LogP contribution in [0.5, 0.6) is 11.5 Å². The van der Waals surface area contributed by atoms with Crippen LogP contribution in [-0.4, -0.2) is 0 Å². The summed E-state index contributed by atoms with van der Waals surface area (Å²) in [5, 5.41) is -0.882. The largest absolute Gasteiger partial charge is 0.455 e. The number of hydrogen-bond donors (Lipinski definition) is 0. The summed E-state index contributed by atoms with van der Waals surface area (Å²) in [5.74, 6) is -0.986. The second-order valence-corrected chi connectivity index (χ2v) is 16.0. The predicted octanol–water partition coefficient (Wildman–Crippen LogP) is 17.1. The first-order valence-corrected chi connectivity index (χ1v) is 20.4. The number of fused-ring (bicyclic) bond motifs is 9.